The Balaban J connectivity index is 1.52. The summed E-state index contributed by atoms with van der Waals surface area (Å²) in [4.78, 5) is 0. The molecule has 4 aliphatic rings. The molecule has 0 amide bonds. The van der Waals surface area contributed by atoms with E-state index in [0.717, 1.165) is 47.3 Å². The maximum absolute atomic E-state index is 2.75. The van der Waals surface area contributed by atoms with Gasteiger partial charge in [-0.25, -0.2) is 0 Å². The Hall–Kier alpha value is 0. The Kier molecular flexibility index (Phi) is 5.53. The van der Waals surface area contributed by atoms with Gasteiger partial charge in [0.05, 0.1) is 0 Å². The summed E-state index contributed by atoms with van der Waals surface area (Å²) in [6.07, 6.45) is 16.8. The second kappa shape index (κ2) is 7.36. The molecule has 0 aliphatic heterocycles. The first-order valence-electron chi connectivity index (χ1n) is 12.8. The molecule has 1 unspecified atom stereocenters. The average molecular weight is 373 g/mol. The standard InChI is InChI=1S/C27H48/c1-18(2)9-10-20(4)23-13-14-24-21-11-12-22-19(3)8-7-16-26(22,5)25(21)15-17-27(23,24)6/h18-25H,7-17H2,1-6H3/t19?,20-,21+,22+,23-,24+,25+,26+,27-/m1/s1. The highest BCUT2D eigenvalue weighted by molar-refractivity contribution is 5.09. The highest BCUT2D eigenvalue weighted by Gasteiger charge is 2.60. The second-order valence-electron chi connectivity index (χ2n) is 12.6. The zero-order valence-corrected chi connectivity index (χ0v) is 19.4. The van der Waals surface area contributed by atoms with E-state index >= 15 is 0 Å². The largest absolute Gasteiger partial charge is 0.0628 e. The molecule has 0 heteroatoms. The van der Waals surface area contributed by atoms with E-state index in [1.807, 2.05) is 0 Å². The molecule has 4 aliphatic carbocycles. The minimum atomic E-state index is 0.668. The number of hydrogen-bond donors (Lipinski definition) is 0. The molecule has 0 N–H and O–H groups in total. The predicted octanol–water partition coefficient (Wildman–Crippen LogP) is 8.35. The maximum Gasteiger partial charge on any atom is -0.0264 e. The molecular formula is C27H48. The van der Waals surface area contributed by atoms with Gasteiger partial charge in [-0.1, -0.05) is 67.2 Å². The van der Waals surface area contributed by atoms with Crippen molar-refractivity contribution in [2.75, 3.05) is 0 Å². The molecule has 0 aromatic heterocycles. The van der Waals surface area contributed by atoms with Crippen LogP contribution in [0, 0.1) is 58.2 Å². The quantitative estimate of drug-likeness (QED) is 0.465. The summed E-state index contributed by atoms with van der Waals surface area (Å²) < 4.78 is 0. The minimum absolute atomic E-state index is 0.668. The topological polar surface area (TPSA) is 0 Å². The van der Waals surface area contributed by atoms with Crippen LogP contribution in [0.3, 0.4) is 0 Å². The lowest BCUT2D eigenvalue weighted by Gasteiger charge is -2.62. The monoisotopic (exact) mass is 372 g/mol. The lowest BCUT2D eigenvalue weighted by molar-refractivity contribution is -0.127. The van der Waals surface area contributed by atoms with Crippen LogP contribution in [0.1, 0.15) is 112 Å². The molecule has 4 saturated carbocycles. The van der Waals surface area contributed by atoms with E-state index in [1.54, 1.807) is 44.9 Å². The van der Waals surface area contributed by atoms with Gasteiger partial charge in [-0.3, -0.25) is 0 Å². The third-order valence-electron chi connectivity index (χ3n) is 11.0. The van der Waals surface area contributed by atoms with Gasteiger partial charge in [0.1, 0.15) is 0 Å². The molecule has 0 aromatic rings. The second-order valence-corrected chi connectivity index (χ2v) is 12.6. The summed E-state index contributed by atoms with van der Waals surface area (Å²) in [5.74, 6) is 8.04. The number of hydrogen-bond acceptors (Lipinski definition) is 0. The van der Waals surface area contributed by atoms with Crippen molar-refractivity contribution in [3.8, 4) is 0 Å². The summed E-state index contributed by atoms with van der Waals surface area (Å²) in [6.45, 7) is 15.5. The van der Waals surface area contributed by atoms with Crippen LogP contribution in [-0.4, -0.2) is 0 Å². The van der Waals surface area contributed by atoms with Crippen molar-refractivity contribution < 1.29 is 0 Å². The molecule has 0 radical (unpaired) electrons. The van der Waals surface area contributed by atoms with Crippen molar-refractivity contribution in [2.24, 2.45) is 58.2 Å². The van der Waals surface area contributed by atoms with Gasteiger partial charge in [-0.05, 0) is 103 Å². The number of rotatable bonds is 4. The van der Waals surface area contributed by atoms with Crippen LogP contribution in [-0.2, 0) is 0 Å². The van der Waals surface area contributed by atoms with Crippen LogP contribution in [0.25, 0.3) is 0 Å². The van der Waals surface area contributed by atoms with Gasteiger partial charge in [0, 0.05) is 0 Å². The van der Waals surface area contributed by atoms with E-state index in [-0.39, 0.29) is 0 Å². The van der Waals surface area contributed by atoms with Crippen molar-refractivity contribution in [2.45, 2.75) is 112 Å². The Morgan fingerprint density at radius 1 is 0.741 bits per heavy atom. The lowest BCUT2D eigenvalue weighted by Crippen LogP contribution is -2.54. The van der Waals surface area contributed by atoms with E-state index in [9.17, 15) is 0 Å². The summed E-state index contributed by atoms with van der Waals surface area (Å²) in [5, 5.41) is 0. The minimum Gasteiger partial charge on any atom is -0.0628 e. The zero-order valence-electron chi connectivity index (χ0n) is 19.4. The molecule has 0 saturated heterocycles. The van der Waals surface area contributed by atoms with Gasteiger partial charge < -0.3 is 0 Å². The molecule has 156 valence electrons. The van der Waals surface area contributed by atoms with Crippen LogP contribution in [0.2, 0.25) is 0 Å². The molecule has 9 atom stereocenters. The van der Waals surface area contributed by atoms with E-state index in [0.29, 0.717) is 10.8 Å². The molecule has 4 fully saturated rings. The normalized spacial score (nSPS) is 50.8. The highest BCUT2D eigenvalue weighted by atomic mass is 14.7. The van der Waals surface area contributed by atoms with Crippen molar-refractivity contribution >= 4 is 0 Å². The van der Waals surface area contributed by atoms with Gasteiger partial charge in [0.2, 0.25) is 0 Å². The van der Waals surface area contributed by atoms with Crippen molar-refractivity contribution in [3.63, 3.8) is 0 Å². The first-order chi connectivity index (χ1) is 12.8. The summed E-state index contributed by atoms with van der Waals surface area (Å²) in [7, 11) is 0. The highest BCUT2D eigenvalue weighted by Crippen LogP contribution is 2.68. The Labute approximate surface area is 170 Å². The fraction of sp³-hybridized carbons (Fsp3) is 1.00. The fourth-order valence-corrected chi connectivity index (χ4v) is 9.57. The summed E-state index contributed by atoms with van der Waals surface area (Å²) in [6, 6.07) is 0. The van der Waals surface area contributed by atoms with Gasteiger partial charge in [0.25, 0.3) is 0 Å². The van der Waals surface area contributed by atoms with Crippen LogP contribution in [0.15, 0.2) is 0 Å². The predicted molar refractivity (Wildman–Crippen MR) is 118 cm³/mol. The lowest BCUT2D eigenvalue weighted by atomic mass is 9.43. The Morgan fingerprint density at radius 3 is 2.19 bits per heavy atom. The first-order valence-corrected chi connectivity index (χ1v) is 12.8. The molecule has 4 rings (SSSR count). The molecule has 0 nitrogen and oxygen atoms in total. The van der Waals surface area contributed by atoms with Crippen LogP contribution < -0.4 is 0 Å². The van der Waals surface area contributed by atoms with Gasteiger partial charge in [-0.2, -0.15) is 0 Å². The summed E-state index contributed by atoms with van der Waals surface area (Å²) in [5.41, 5.74) is 1.35. The maximum atomic E-state index is 2.75. The van der Waals surface area contributed by atoms with E-state index in [1.165, 1.54) is 25.7 Å². The van der Waals surface area contributed by atoms with Crippen LogP contribution in [0.4, 0.5) is 0 Å². The van der Waals surface area contributed by atoms with Crippen LogP contribution >= 0.6 is 0 Å². The van der Waals surface area contributed by atoms with Crippen molar-refractivity contribution in [1.82, 2.24) is 0 Å². The van der Waals surface area contributed by atoms with Gasteiger partial charge >= 0.3 is 0 Å². The molecule has 0 aromatic carbocycles. The molecular weight excluding hydrogens is 324 g/mol. The SMILES string of the molecule is CC(C)CC[C@@H](C)[C@H]1CC[C@H]2[C@@H]3CC[C@H]4C(C)CCC[C@]4(C)[C@H]3CC[C@]12C. The molecule has 0 spiro atoms. The average Bonchev–Trinajstić information content (AvgIpc) is 2.97. The molecule has 0 heterocycles. The smallest absolute Gasteiger partial charge is 0.0264 e. The van der Waals surface area contributed by atoms with Crippen molar-refractivity contribution in [1.29, 1.82) is 0 Å². The Bertz CT molecular complexity index is 520. The first kappa shape index (κ1) is 20.3. The Morgan fingerprint density at radius 2 is 1.44 bits per heavy atom. The molecule has 0 bridgehead atoms. The summed E-state index contributed by atoms with van der Waals surface area (Å²) >= 11 is 0. The zero-order chi connectivity index (χ0) is 19.4. The third kappa shape index (κ3) is 3.24. The van der Waals surface area contributed by atoms with Crippen molar-refractivity contribution in [3.05, 3.63) is 0 Å². The van der Waals surface area contributed by atoms with E-state index in [4.69, 9.17) is 0 Å². The number of fused-ring (bicyclic) bond motifs is 5. The van der Waals surface area contributed by atoms with E-state index < -0.39 is 0 Å². The third-order valence-corrected chi connectivity index (χ3v) is 11.0. The van der Waals surface area contributed by atoms with Gasteiger partial charge in [0.15, 0.2) is 0 Å². The molecule has 27 heavy (non-hydrogen) atoms. The van der Waals surface area contributed by atoms with E-state index in [2.05, 4.69) is 41.5 Å². The van der Waals surface area contributed by atoms with Crippen LogP contribution in [0.5, 0.6) is 0 Å². The fourth-order valence-electron chi connectivity index (χ4n) is 9.57. The van der Waals surface area contributed by atoms with Gasteiger partial charge in [-0.15, -0.1) is 0 Å².